The SMILES string of the molecule is COC(OC)c1ccccc1N=[N+]=[N-]. The van der Waals surface area contributed by atoms with Crippen LogP contribution < -0.4 is 0 Å². The van der Waals surface area contributed by atoms with Crippen molar-refractivity contribution in [2.75, 3.05) is 14.2 Å². The van der Waals surface area contributed by atoms with Gasteiger partial charge < -0.3 is 9.47 Å². The van der Waals surface area contributed by atoms with Gasteiger partial charge in [0.05, 0.1) is 0 Å². The molecule has 0 unspecified atom stereocenters. The first-order valence-corrected chi connectivity index (χ1v) is 4.03. The van der Waals surface area contributed by atoms with Gasteiger partial charge in [-0.15, -0.1) is 0 Å². The lowest BCUT2D eigenvalue weighted by molar-refractivity contribution is -0.105. The Balaban J connectivity index is 3.10. The summed E-state index contributed by atoms with van der Waals surface area (Å²) < 4.78 is 10.1. The largest absolute Gasteiger partial charge is 0.352 e. The zero-order valence-electron chi connectivity index (χ0n) is 8.04. The molecule has 5 nitrogen and oxygen atoms in total. The molecule has 0 aliphatic heterocycles. The predicted molar refractivity (Wildman–Crippen MR) is 52.0 cm³/mol. The molecule has 0 radical (unpaired) electrons. The van der Waals surface area contributed by atoms with Crippen molar-refractivity contribution in [3.8, 4) is 0 Å². The van der Waals surface area contributed by atoms with Gasteiger partial charge in [-0.2, -0.15) is 0 Å². The molecule has 0 amide bonds. The second-order valence-corrected chi connectivity index (χ2v) is 2.55. The Hall–Kier alpha value is -1.55. The zero-order valence-corrected chi connectivity index (χ0v) is 8.04. The van der Waals surface area contributed by atoms with Gasteiger partial charge >= 0.3 is 0 Å². The number of hydrogen-bond acceptors (Lipinski definition) is 3. The van der Waals surface area contributed by atoms with Gasteiger partial charge in [0.15, 0.2) is 6.29 Å². The molecular weight excluding hydrogens is 182 g/mol. The molecule has 0 atom stereocenters. The summed E-state index contributed by atoms with van der Waals surface area (Å²) in [7, 11) is 3.06. The Kier molecular flexibility index (Phi) is 3.94. The van der Waals surface area contributed by atoms with Gasteiger partial charge in [-0.25, -0.2) is 0 Å². The lowest BCUT2D eigenvalue weighted by Gasteiger charge is -2.15. The van der Waals surface area contributed by atoms with Crippen LogP contribution in [0.4, 0.5) is 5.69 Å². The predicted octanol–water partition coefficient (Wildman–Crippen LogP) is 2.92. The highest BCUT2D eigenvalue weighted by molar-refractivity contribution is 5.46. The highest BCUT2D eigenvalue weighted by Gasteiger charge is 2.11. The Morgan fingerprint density at radius 1 is 1.29 bits per heavy atom. The number of nitrogens with zero attached hydrogens (tertiary/aromatic N) is 3. The van der Waals surface area contributed by atoms with E-state index in [9.17, 15) is 0 Å². The number of ether oxygens (including phenoxy) is 2. The molecule has 14 heavy (non-hydrogen) atoms. The normalized spacial score (nSPS) is 9.93. The number of azide groups is 1. The third kappa shape index (κ3) is 2.23. The molecule has 1 aromatic rings. The fraction of sp³-hybridized carbons (Fsp3) is 0.333. The van der Waals surface area contributed by atoms with Gasteiger partial charge in [0, 0.05) is 30.4 Å². The third-order valence-corrected chi connectivity index (χ3v) is 1.77. The summed E-state index contributed by atoms with van der Waals surface area (Å²) in [5, 5.41) is 3.54. The summed E-state index contributed by atoms with van der Waals surface area (Å²) >= 11 is 0. The maximum absolute atomic E-state index is 8.35. The van der Waals surface area contributed by atoms with Crippen LogP contribution in [-0.4, -0.2) is 14.2 Å². The van der Waals surface area contributed by atoms with E-state index in [2.05, 4.69) is 10.0 Å². The molecule has 5 heteroatoms. The Bertz CT molecular complexity index is 344. The fourth-order valence-corrected chi connectivity index (χ4v) is 1.18. The molecule has 0 saturated heterocycles. The summed E-state index contributed by atoms with van der Waals surface area (Å²) in [6.45, 7) is 0. The highest BCUT2D eigenvalue weighted by atomic mass is 16.7. The van der Waals surface area contributed by atoms with Crippen molar-refractivity contribution in [2.24, 2.45) is 5.11 Å². The van der Waals surface area contributed by atoms with E-state index >= 15 is 0 Å². The van der Waals surface area contributed by atoms with E-state index < -0.39 is 6.29 Å². The standard InChI is InChI=1S/C9H11N3O2/c1-13-9(14-2)7-5-3-4-6-8(7)11-12-10/h3-6,9H,1-2H3. The minimum atomic E-state index is -0.503. The summed E-state index contributed by atoms with van der Waals surface area (Å²) in [5.74, 6) is 0. The van der Waals surface area contributed by atoms with E-state index in [0.717, 1.165) is 5.56 Å². The molecule has 0 spiro atoms. The molecular formula is C9H11N3O2. The van der Waals surface area contributed by atoms with Crippen LogP contribution >= 0.6 is 0 Å². The average Bonchev–Trinajstić information content (AvgIpc) is 2.23. The third-order valence-electron chi connectivity index (χ3n) is 1.77. The molecule has 1 aromatic carbocycles. The van der Waals surface area contributed by atoms with E-state index in [1.807, 2.05) is 6.07 Å². The van der Waals surface area contributed by atoms with Gasteiger partial charge in [-0.1, -0.05) is 29.4 Å². The van der Waals surface area contributed by atoms with Gasteiger partial charge in [-0.3, -0.25) is 0 Å². The Morgan fingerprint density at radius 2 is 1.93 bits per heavy atom. The van der Waals surface area contributed by atoms with E-state index in [0.29, 0.717) is 5.69 Å². The van der Waals surface area contributed by atoms with Crippen LogP contribution in [0.3, 0.4) is 0 Å². The first-order chi connectivity index (χ1) is 6.83. The van der Waals surface area contributed by atoms with Crippen LogP contribution in [0.1, 0.15) is 11.9 Å². The van der Waals surface area contributed by atoms with Crippen LogP contribution in [0, 0.1) is 0 Å². The van der Waals surface area contributed by atoms with Crippen molar-refractivity contribution in [1.29, 1.82) is 0 Å². The molecule has 0 saturated carbocycles. The van der Waals surface area contributed by atoms with E-state index in [1.165, 1.54) is 14.2 Å². The van der Waals surface area contributed by atoms with E-state index in [1.54, 1.807) is 18.2 Å². The topological polar surface area (TPSA) is 67.2 Å². The summed E-state index contributed by atoms with van der Waals surface area (Å²) in [6, 6.07) is 7.12. The second kappa shape index (κ2) is 5.24. The Labute approximate surface area is 81.9 Å². The average molecular weight is 193 g/mol. The van der Waals surface area contributed by atoms with Crippen molar-refractivity contribution < 1.29 is 9.47 Å². The van der Waals surface area contributed by atoms with Gasteiger partial charge in [-0.05, 0) is 5.53 Å². The molecule has 1 rings (SSSR count). The number of benzene rings is 1. The van der Waals surface area contributed by atoms with Crippen molar-refractivity contribution in [2.45, 2.75) is 6.29 Å². The smallest absolute Gasteiger partial charge is 0.183 e. The van der Waals surface area contributed by atoms with Gasteiger partial charge in [0.1, 0.15) is 0 Å². The van der Waals surface area contributed by atoms with Gasteiger partial charge in [0.25, 0.3) is 0 Å². The molecule has 74 valence electrons. The van der Waals surface area contributed by atoms with Crippen LogP contribution in [0.5, 0.6) is 0 Å². The maximum Gasteiger partial charge on any atom is 0.183 e. The molecule has 0 fully saturated rings. The second-order valence-electron chi connectivity index (χ2n) is 2.55. The molecule has 0 N–H and O–H groups in total. The Morgan fingerprint density at radius 3 is 2.50 bits per heavy atom. The number of methoxy groups -OCH3 is 2. The summed E-state index contributed by atoms with van der Waals surface area (Å²) in [4.78, 5) is 2.73. The van der Waals surface area contributed by atoms with Crippen molar-refractivity contribution in [3.63, 3.8) is 0 Å². The monoisotopic (exact) mass is 193 g/mol. The minimum absolute atomic E-state index is 0.503. The lowest BCUT2D eigenvalue weighted by atomic mass is 10.2. The van der Waals surface area contributed by atoms with Gasteiger partial charge in [0.2, 0.25) is 0 Å². The first-order valence-electron chi connectivity index (χ1n) is 4.03. The molecule has 0 aliphatic carbocycles. The summed E-state index contributed by atoms with van der Waals surface area (Å²) in [6.07, 6.45) is -0.503. The highest BCUT2D eigenvalue weighted by Crippen LogP contribution is 2.27. The van der Waals surface area contributed by atoms with Crippen LogP contribution in [-0.2, 0) is 9.47 Å². The first kappa shape index (κ1) is 10.5. The molecule has 0 bridgehead atoms. The summed E-state index contributed by atoms with van der Waals surface area (Å²) in [5.41, 5.74) is 9.58. The number of hydrogen-bond donors (Lipinski definition) is 0. The molecule has 0 aromatic heterocycles. The van der Waals surface area contributed by atoms with Crippen molar-refractivity contribution >= 4 is 5.69 Å². The fourth-order valence-electron chi connectivity index (χ4n) is 1.18. The zero-order chi connectivity index (χ0) is 10.4. The van der Waals surface area contributed by atoms with Crippen LogP contribution in [0.25, 0.3) is 10.4 Å². The van der Waals surface area contributed by atoms with Crippen LogP contribution in [0.2, 0.25) is 0 Å². The van der Waals surface area contributed by atoms with E-state index in [4.69, 9.17) is 15.0 Å². The lowest BCUT2D eigenvalue weighted by Crippen LogP contribution is -2.03. The van der Waals surface area contributed by atoms with Crippen molar-refractivity contribution in [1.82, 2.24) is 0 Å². The quantitative estimate of drug-likeness (QED) is 0.319. The molecule has 0 heterocycles. The minimum Gasteiger partial charge on any atom is -0.352 e. The van der Waals surface area contributed by atoms with Crippen molar-refractivity contribution in [3.05, 3.63) is 40.3 Å². The number of rotatable bonds is 4. The maximum atomic E-state index is 8.35. The van der Waals surface area contributed by atoms with Crippen LogP contribution in [0.15, 0.2) is 29.4 Å². The molecule has 0 aliphatic rings. The van der Waals surface area contributed by atoms with E-state index in [-0.39, 0.29) is 0 Å².